The number of aromatic nitrogens is 4. The SMILES string of the molecule is CC#CC1(Cl)C(CO)[C@@H](COP(=O)(O)OP(=O)(O)OP(=O)(O)O)O[C@H]1n1cnc2cnc(N)nc21. The third-order valence-electron chi connectivity index (χ3n) is 4.57. The van der Waals surface area contributed by atoms with E-state index in [4.69, 9.17) is 31.9 Å². The number of nitrogen functional groups attached to an aromatic ring is 1. The van der Waals surface area contributed by atoms with E-state index in [-0.39, 0.29) is 11.6 Å². The number of hydrogen-bond donors (Lipinski definition) is 6. The van der Waals surface area contributed by atoms with Crippen LogP contribution in [0.5, 0.6) is 0 Å². The normalized spacial score (nSPS) is 28.3. The van der Waals surface area contributed by atoms with Crippen LogP contribution in [0.25, 0.3) is 11.2 Å². The number of hydrogen-bond acceptors (Lipinski definition) is 12. The molecule has 3 rings (SSSR count). The van der Waals surface area contributed by atoms with Gasteiger partial charge in [-0.1, -0.05) is 17.5 Å². The van der Waals surface area contributed by atoms with E-state index in [1.54, 1.807) is 0 Å². The second-order valence-electron chi connectivity index (χ2n) is 6.93. The molecule has 0 bridgehead atoms. The van der Waals surface area contributed by atoms with Crippen molar-refractivity contribution in [1.82, 2.24) is 19.5 Å². The molecule has 2 aromatic rings. The van der Waals surface area contributed by atoms with Gasteiger partial charge >= 0.3 is 23.5 Å². The number of phosphoric ester groups is 1. The standard InChI is InChI=1S/C14H19ClN5O12P3/c1-2-3-14(15)8(5-21)10(6-29-34(25,26)32-35(27,28)31-33(22,23)24)30-12(14)20-7-18-9-4-17-13(16)19-11(9)20/h4,7-8,10,12,21H,5-6H2,1H3,(H,25,26)(H,27,28)(H2,16,17,19)(H2,22,23,24)/t8?,10-,12-,14?/m1/s1. The van der Waals surface area contributed by atoms with Crippen molar-refractivity contribution in [3.05, 3.63) is 12.5 Å². The highest BCUT2D eigenvalue weighted by atomic mass is 35.5. The van der Waals surface area contributed by atoms with E-state index < -0.39 is 59.8 Å². The first-order valence-electron chi connectivity index (χ1n) is 9.23. The zero-order chi connectivity index (χ0) is 26.2. The Morgan fingerprint density at radius 3 is 2.51 bits per heavy atom. The molecule has 3 heterocycles. The average Bonchev–Trinajstić information content (AvgIpc) is 3.21. The minimum Gasteiger partial charge on any atom is -0.396 e. The van der Waals surface area contributed by atoms with Crippen molar-refractivity contribution < 1.29 is 56.3 Å². The fraction of sp³-hybridized carbons (Fsp3) is 0.500. The number of fused-ring (bicyclic) bond motifs is 1. The summed E-state index contributed by atoms with van der Waals surface area (Å²) < 4.78 is 53.6. The quantitative estimate of drug-likeness (QED) is 0.133. The number of imidazole rings is 1. The number of nitrogens with two attached hydrogens (primary N) is 1. The van der Waals surface area contributed by atoms with Crippen LogP contribution in [0, 0.1) is 17.8 Å². The Hall–Kier alpha value is -1.47. The molecule has 17 nitrogen and oxygen atoms in total. The first-order valence-corrected chi connectivity index (χ1v) is 14.1. The Morgan fingerprint density at radius 2 is 1.91 bits per heavy atom. The molecule has 0 saturated carbocycles. The number of aliphatic hydroxyl groups is 1. The van der Waals surface area contributed by atoms with Gasteiger partial charge in [-0.25, -0.2) is 23.7 Å². The molecule has 6 atom stereocenters. The average molecular weight is 578 g/mol. The molecule has 1 aliphatic heterocycles. The Morgan fingerprint density at radius 1 is 1.23 bits per heavy atom. The summed E-state index contributed by atoms with van der Waals surface area (Å²) in [6, 6.07) is 0. The molecule has 194 valence electrons. The first-order chi connectivity index (χ1) is 16.1. The lowest BCUT2D eigenvalue weighted by Gasteiger charge is -2.27. The van der Waals surface area contributed by atoms with Crippen molar-refractivity contribution in [2.75, 3.05) is 18.9 Å². The number of phosphoric acid groups is 3. The molecule has 0 spiro atoms. The minimum absolute atomic E-state index is 0.0816. The van der Waals surface area contributed by atoms with Gasteiger partial charge in [0.1, 0.15) is 5.52 Å². The van der Waals surface area contributed by atoms with Crippen LogP contribution in [0.1, 0.15) is 13.2 Å². The molecule has 0 radical (unpaired) electrons. The van der Waals surface area contributed by atoms with E-state index in [1.807, 2.05) is 0 Å². The highest BCUT2D eigenvalue weighted by Crippen LogP contribution is 2.66. The van der Waals surface area contributed by atoms with Crippen molar-refractivity contribution in [2.45, 2.75) is 24.1 Å². The lowest BCUT2D eigenvalue weighted by molar-refractivity contribution is -0.0341. The van der Waals surface area contributed by atoms with Gasteiger partial charge in [-0.3, -0.25) is 9.09 Å². The van der Waals surface area contributed by atoms with Crippen molar-refractivity contribution in [1.29, 1.82) is 0 Å². The number of aliphatic hydroxyl groups excluding tert-OH is 1. The monoisotopic (exact) mass is 577 g/mol. The predicted molar refractivity (Wildman–Crippen MR) is 116 cm³/mol. The third-order valence-corrected chi connectivity index (χ3v) is 8.93. The lowest BCUT2D eigenvalue weighted by atomic mass is 9.89. The van der Waals surface area contributed by atoms with Crippen LogP contribution in [0.3, 0.4) is 0 Å². The molecule has 2 aromatic heterocycles. The number of nitrogens with zero attached hydrogens (tertiary/aromatic N) is 4. The van der Waals surface area contributed by atoms with Crippen molar-refractivity contribution >= 4 is 52.2 Å². The summed E-state index contributed by atoms with van der Waals surface area (Å²) in [5.41, 5.74) is 6.17. The number of alkyl halides is 1. The Balaban J connectivity index is 1.87. The van der Waals surface area contributed by atoms with Crippen LogP contribution in [-0.4, -0.2) is 68.4 Å². The second kappa shape index (κ2) is 10.1. The number of halogens is 1. The summed E-state index contributed by atoms with van der Waals surface area (Å²) in [4.78, 5) is 46.6. The summed E-state index contributed by atoms with van der Waals surface area (Å²) in [7, 11) is -16.7. The van der Waals surface area contributed by atoms with Crippen LogP contribution in [0.4, 0.5) is 5.95 Å². The first kappa shape index (κ1) is 28.1. The zero-order valence-corrected chi connectivity index (χ0v) is 20.9. The van der Waals surface area contributed by atoms with Gasteiger partial charge in [0.25, 0.3) is 0 Å². The maximum atomic E-state index is 12.1. The van der Waals surface area contributed by atoms with Gasteiger partial charge in [0.2, 0.25) is 5.95 Å². The largest absolute Gasteiger partial charge is 0.490 e. The molecule has 7 N–H and O–H groups in total. The molecule has 0 aliphatic carbocycles. The number of anilines is 1. The molecular formula is C14H19ClN5O12P3. The maximum absolute atomic E-state index is 12.1. The van der Waals surface area contributed by atoms with Gasteiger partial charge in [-0.05, 0) is 6.92 Å². The molecule has 0 amide bonds. The molecule has 1 fully saturated rings. The fourth-order valence-corrected chi connectivity index (χ4v) is 6.81. The van der Waals surface area contributed by atoms with E-state index in [1.165, 1.54) is 24.0 Å². The smallest absolute Gasteiger partial charge is 0.396 e. The summed E-state index contributed by atoms with van der Waals surface area (Å²) >= 11 is 6.77. The highest BCUT2D eigenvalue weighted by Gasteiger charge is 2.56. The highest BCUT2D eigenvalue weighted by molar-refractivity contribution is 7.66. The van der Waals surface area contributed by atoms with E-state index in [0.29, 0.717) is 5.52 Å². The van der Waals surface area contributed by atoms with E-state index in [0.717, 1.165) is 0 Å². The summed E-state index contributed by atoms with van der Waals surface area (Å²) in [5.74, 6) is 4.20. The summed E-state index contributed by atoms with van der Waals surface area (Å²) in [6.45, 7) is -0.0287. The van der Waals surface area contributed by atoms with Crippen molar-refractivity contribution in [3.63, 3.8) is 0 Å². The molecular weight excluding hydrogens is 559 g/mol. The fourth-order valence-electron chi connectivity index (χ4n) is 3.32. The molecule has 0 aromatic carbocycles. The molecule has 21 heteroatoms. The Kier molecular flexibility index (Phi) is 8.13. The summed E-state index contributed by atoms with van der Waals surface area (Å²) in [5, 5.41) is 10.0. The van der Waals surface area contributed by atoms with Gasteiger partial charge in [-0.15, -0.1) is 5.92 Å². The van der Waals surface area contributed by atoms with E-state index in [2.05, 4.69) is 39.9 Å². The van der Waals surface area contributed by atoms with Crippen LogP contribution in [-0.2, 0) is 31.6 Å². The van der Waals surface area contributed by atoms with Gasteiger partial charge in [0.15, 0.2) is 16.7 Å². The summed E-state index contributed by atoms with van der Waals surface area (Å²) in [6.07, 6.45) is 0.199. The molecule has 1 saturated heterocycles. The van der Waals surface area contributed by atoms with Crippen LogP contribution >= 0.6 is 35.1 Å². The van der Waals surface area contributed by atoms with E-state index in [9.17, 15) is 28.6 Å². The van der Waals surface area contributed by atoms with Crippen LogP contribution in [0.2, 0.25) is 0 Å². The lowest BCUT2D eigenvalue weighted by Crippen LogP contribution is -2.39. The van der Waals surface area contributed by atoms with Crippen molar-refractivity contribution in [2.24, 2.45) is 5.92 Å². The zero-order valence-electron chi connectivity index (χ0n) is 17.5. The third kappa shape index (κ3) is 6.46. The van der Waals surface area contributed by atoms with Gasteiger partial charge in [0.05, 0.1) is 31.8 Å². The molecule has 1 aliphatic rings. The minimum atomic E-state index is -5.72. The number of rotatable bonds is 9. The predicted octanol–water partition coefficient (Wildman–Crippen LogP) is 0.259. The van der Waals surface area contributed by atoms with Gasteiger partial charge in [-0.2, -0.15) is 13.6 Å². The van der Waals surface area contributed by atoms with Crippen LogP contribution in [0.15, 0.2) is 12.5 Å². The van der Waals surface area contributed by atoms with E-state index >= 15 is 0 Å². The number of ether oxygens (including phenoxy) is 1. The van der Waals surface area contributed by atoms with Gasteiger partial charge < -0.3 is 35.2 Å². The maximum Gasteiger partial charge on any atom is 0.490 e. The topological polar surface area (TPSA) is 259 Å². The van der Waals surface area contributed by atoms with Gasteiger partial charge in [0, 0.05) is 5.92 Å². The Bertz CT molecular complexity index is 1310. The molecule has 4 unspecified atom stereocenters. The second-order valence-corrected chi connectivity index (χ2v) is 12.0. The van der Waals surface area contributed by atoms with Crippen LogP contribution < -0.4 is 5.73 Å². The Labute approximate surface area is 201 Å². The molecule has 35 heavy (non-hydrogen) atoms. The van der Waals surface area contributed by atoms with Crippen molar-refractivity contribution in [3.8, 4) is 11.8 Å².